The molecule has 44 heteroatoms. The third kappa shape index (κ3) is 32.9. The minimum atomic E-state index is -1.98. The van der Waals surface area contributed by atoms with E-state index in [4.69, 9.17) is 28.7 Å². The Hall–Kier alpha value is -11.9. The van der Waals surface area contributed by atoms with Crippen molar-refractivity contribution in [3.05, 3.63) is 54.2 Å². The van der Waals surface area contributed by atoms with Gasteiger partial charge in [0, 0.05) is 67.6 Å². The fraction of sp³-hybridized carbons (Fsp3) is 0.580. The molecule has 0 radical (unpaired) electrons. The van der Waals surface area contributed by atoms with Crippen LogP contribution < -0.4 is 92.5 Å². The quantitative estimate of drug-likeness (QED) is 0.0142. The van der Waals surface area contributed by atoms with Crippen LogP contribution >= 0.6 is 0 Å². The number of primary amides is 2. The molecule has 3 aromatic rings. The summed E-state index contributed by atoms with van der Waals surface area (Å²) in [6.07, 6.45) is -2.76. The zero-order chi connectivity index (χ0) is 85.1. The number of carboxylic acid groups (broad SMARTS) is 3. The molecule has 0 saturated carbocycles. The average Bonchev–Trinajstić information content (AvgIpc) is 1.73. The Morgan fingerprint density at radius 2 is 0.929 bits per heavy atom. The first kappa shape index (κ1) is 95.3. The highest BCUT2D eigenvalue weighted by Crippen LogP contribution is 2.21. The number of aromatic nitrogens is 3. The van der Waals surface area contributed by atoms with Crippen LogP contribution in [0.25, 0.3) is 10.9 Å². The number of rotatable bonds is 52. The van der Waals surface area contributed by atoms with Gasteiger partial charge in [0.2, 0.25) is 82.7 Å². The number of nitrogens with two attached hydrogens (primary N) is 5. The lowest BCUT2D eigenvalue weighted by Gasteiger charge is -2.30. The fourth-order valence-corrected chi connectivity index (χ4v) is 11.1. The second-order valence-corrected chi connectivity index (χ2v) is 27.7. The summed E-state index contributed by atoms with van der Waals surface area (Å²) in [5.74, 6) is -22.3. The van der Waals surface area contributed by atoms with Crippen LogP contribution in [0.3, 0.4) is 0 Å². The van der Waals surface area contributed by atoms with Crippen molar-refractivity contribution in [2.75, 3.05) is 19.8 Å². The molecule has 2 heterocycles. The van der Waals surface area contributed by atoms with Gasteiger partial charge in [-0.25, -0.2) is 9.78 Å². The maximum absolute atomic E-state index is 14.8. The highest BCUT2D eigenvalue weighted by atomic mass is 16.4. The molecule has 0 aliphatic rings. The van der Waals surface area contributed by atoms with Crippen LogP contribution in [0.5, 0.6) is 0 Å². The van der Waals surface area contributed by atoms with Crippen LogP contribution in [0.2, 0.25) is 0 Å². The molecule has 3 rings (SSSR count). The van der Waals surface area contributed by atoms with Crippen molar-refractivity contribution in [2.45, 2.75) is 217 Å². The van der Waals surface area contributed by atoms with Gasteiger partial charge in [0.25, 0.3) is 0 Å². The highest BCUT2D eigenvalue weighted by molar-refractivity contribution is 6.01. The number of carbonyl (C=O) groups excluding carboxylic acids is 14. The van der Waals surface area contributed by atoms with E-state index in [1.165, 1.54) is 39.5 Å². The smallest absolute Gasteiger partial charge is 0.326 e. The molecule has 626 valence electrons. The van der Waals surface area contributed by atoms with Crippen molar-refractivity contribution < 1.29 is 112 Å². The monoisotopic (exact) mass is 1600 g/mol. The van der Waals surface area contributed by atoms with E-state index in [0.29, 0.717) is 16.5 Å². The molecule has 30 N–H and O–H groups in total. The molecule has 15 atom stereocenters. The number of guanidine groups is 1. The number of nitrogens with zero attached hydrogens (tertiary/aromatic N) is 2. The topological polar surface area (TPSA) is 743 Å². The molecule has 0 spiro atoms. The van der Waals surface area contributed by atoms with Crippen LogP contribution in [0.4, 0.5) is 0 Å². The van der Waals surface area contributed by atoms with Crippen LogP contribution in [0.15, 0.2) is 48.0 Å². The number of aliphatic hydroxyl groups is 3. The normalized spacial score (nSPS) is 15.2. The van der Waals surface area contributed by atoms with E-state index in [1.54, 1.807) is 45.0 Å². The number of aliphatic imine (C=N–C) groups is 1. The molecule has 113 heavy (non-hydrogen) atoms. The Morgan fingerprint density at radius 3 is 1.45 bits per heavy atom. The molecule has 0 bridgehead atoms. The number of benzene rings is 1. The molecule has 0 aliphatic carbocycles. The number of imidazole rings is 1. The van der Waals surface area contributed by atoms with Crippen molar-refractivity contribution in [2.24, 2.45) is 51.4 Å². The predicted octanol–water partition coefficient (Wildman–Crippen LogP) is -8.06. The van der Waals surface area contributed by atoms with E-state index < -0.39 is 249 Å². The van der Waals surface area contributed by atoms with Crippen LogP contribution in [0, 0.1) is 17.8 Å². The molecule has 2 aromatic heterocycles. The lowest BCUT2D eigenvalue weighted by Crippen LogP contribution is -2.63. The molecule has 44 nitrogen and oxygen atoms in total. The van der Waals surface area contributed by atoms with Crippen LogP contribution in [-0.4, -0.2) is 257 Å². The largest absolute Gasteiger partial charge is 0.481 e. The number of fused-ring (bicyclic) bond motifs is 1. The fourth-order valence-electron chi connectivity index (χ4n) is 11.1. The van der Waals surface area contributed by atoms with Crippen LogP contribution in [0.1, 0.15) is 130 Å². The average molecular weight is 1600 g/mol. The zero-order valence-corrected chi connectivity index (χ0v) is 63.6. The number of nitrogens with one attached hydrogen (secondary N) is 14. The zero-order valence-electron chi connectivity index (χ0n) is 63.6. The summed E-state index contributed by atoms with van der Waals surface area (Å²) in [6, 6.07) is -15.6. The second-order valence-electron chi connectivity index (χ2n) is 27.7. The van der Waals surface area contributed by atoms with Gasteiger partial charge in [0.1, 0.15) is 72.5 Å². The minimum Gasteiger partial charge on any atom is -0.481 e. The Morgan fingerprint density at radius 1 is 0.487 bits per heavy atom. The van der Waals surface area contributed by atoms with Crippen molar-refractivity contribution in [1.29, 1.82) is 0 Å². The number of aliphatic carboxylic acids is 3. The van der Waals surface area contributed by atoms with E-state index >= 15 is 0 Å². The number of hydrogen-bond donors (Lipinski definition) is 25. The molecular formula is C69H107N21O23. The van der Waals surface area contributed by atoms with E-state index in [0.717, 1.165) is 6.92 Å². The Labute approximate surface area is 648 Å². The van der Waals surface area contributed by atoms with Gasteiger partial charge in [-0.05, 0) is 74.8 Å². The first-order valence-corrected chi connectivity index (χ1v) is 36.2. The number of aromatic amines is 2. The molecule has 0 aliphatic heterocycles. The van der Waals surface area contributed by atoms with E-state index in [9.17, 15) is 112 Å². The van der Waals surface area contributed by atoms with Gasteiger partial charge in [-0.1, -0.05) is 66.2 Å². The minimum absolute atomic E-state index is 0.0425. The summed E-state index contributed by atoms with van der Waals surface area (Å²) in [6.45, 7) is 8.06. The van der Waals surface area contributed by atoms with Crippen LogP contribution in [-0.2, 0) is 94.3 Å². The summed E-state index contributed by atoms with van der Waals surface area (Å²) < 4.78 is 0. The highest BCUT2D eigenvalue weighted by Gasteiger charge is 2.40. The number of carbonyl (C=O) groups is 17. The van der Waals surface area contributed by atoms with Crippen molar-refractivity contribution >= 4 is 117 Å². The summed E-state index contributed by atoms with van der Waals surface area (Å²) >= 11 is 0. The van der Waals surface area contributed by atoms with Gasteiger partial charge in [0.05, 0.1) is 38.1 Å². The summed E-state index contributed by atoms with van der Waals surface area (Å²) in [5, 5.41) is 89.7. The third-order valence-electron chi connectivity index (χ3n) is 17.6. The molecular weight excluding hydrogens is 1490 g/mol. The SMILES string of the molecule is CC[C@H](C)[C@H](NC(=O)[C@H](CO)NC(=O)[C@H](CCCN=C(N)N)NC(=O)[C@@H](NC(=O)[C@@H](NC(=O)[C@H](Cc1c[nH]c2ccccc12)NC(=O)[C@H](CCC(N)=O)NC(=O)[C@H](CO)NC(=O)[C@H](CC(C)C)NC(=O)[C@H](CCC(=O)O)NC(=O)[C@@H](N)CCC(N)=O)[C@@H](C)O)C(C)C)C(=O)N[C@@H](Cc1cnc[nH]1)C(=O)N[C@@H](CC(=O)O)C(=O)O. The Balaban J connectivity index is 1.97. The maximum Gasteiger partial charge on any atom is 0.326 e. The second kappa shape index (κ2) is 47.3. The number of hydrogen-bond acceptors (Lipinski definition) is 23. The lowest BCUT2D eigenvalue weighted by atomic mass is 9.97. The molecule has 1 aromatic carbocycles. The van der Waals surface area contributed by atoms with Crippen molar-refractivity contribution in [3.8, 4) is 0 Å². The maximum atomic E-state index is 14.8. The summed E-state index contributed by atoms with van der Waals surface area (Å²) in [7, 11) is 0. The summed E-state index contributed by atoms with van der Waals surface area (Å²) in [4.78, 5) is 241. The molecule has 14 amide bonds. The standard InChI is InChI=1S/C69H107N21O23/c1-8-33(6)54(66(110)84-45(24-36-27-75-30-78-36)61(105)85-46(68(112)113)25-52(98)99)89-64(108)48(29-92)86-57(101)40(14-11-21-76-69(73)74)81-65(109)53(32(4)5)88-67(111)55(34(7)93)90-62(106)44(23-35-26-77-39-13-10-9-12-37(35)39)83-58(102)41(16-19-50(72)95)80-63(107)47(28-91)87-60(104)43(22-31(2)3)82-59(103)42(17-20-51(96)97)79-56(100)38(70)15-18-49(71)94/h9-10,12-13,26-27,30-34,38,40-48,53-55,77,91-93H,8,11,14-25,28-29,70H2,1-7H3,(H2,71,94)(H2,72,95)(H,75,78)(H,79,100)(H,80,107)(H,81,109)(H,82,103)(H,83,102)(H,84,110)(H,85,105)(H,86,101)(H,87,104)(H,88,111)(H,89,108)(H,90,106)(H,96,97)(H,98,99)(H,112,113)(H4,73,74,76)/t33-,34+,38-,40-,41-,42-,43-,44-,45-,46-,47-,48-,53-,54-,55-/m0/s1. The van der Waals surface area contributed by atoms with Gasteiger partial charge in [0.15, 0.2) is 5.96 Å². The van der Waals surface area contributed by atoms with Gasteiger partial charge < -0.3 is 133 Å². The predicted molar refractivity (Wildman–Crippen MR) is 399 cm³/mol. The summed E-state index contributed by atoms with van der Waals surface area (Å²) in [5.41, 5.74) is 28.8. The van der Waals surface area contributed by atoms with Gasteiger partial charge in [-0.2, -0.15) is 0 Å². The van der Waals surface area contributed by atoms with E-state index in [-0.39, 0.29) is 69.1 Å². The van der Waals surface area contributed by atoms with E-state index in [2.05, 4.69) is 83.7 Å². The number of amides is 14. The Bertz CT molecular complexity index is 3830. The first-order valence-electron chi connectivity index (χ1n) is 36.2. The first-order chi connectivity index (χ1) is 53.1. The number of H-pyrrole nitrogens is 2. The van der Waals surface area contributed by atoms with Crippen molar-refractivity contribution in [1.82, 2.24) is 78.8 Å². The number of carboxylic acids is 3. The Kier molecular flexibility index (Phi) is 39.9. The molecule has 0 fully saturated rings. The molecule has 0 unspecified atom stereocenters. The molecule has 0 saturated heterocycles. The number of aliphatic hydroxyl groups excluding tert-OH is 3. The number of para-hydroxylation sites is 1. The van der Waals surface area contributed by atoms with E-state index in [1.807, 2.05) is 0 Å². The van der Waals surface area contributed by atoms with Crippen molar-refractivity contribution in [3.63, 3.8) is 0 Å². The van der Waals surface area contributed by atoms with Gasteiger partial charge in [-0.3, -0.25) is 81.7 Å². The van der Waals surface area contributed by atoms with Gasteiger partial charge in [-0.15, -0.1) is 0 Å². The third-order valence-corrected chi connectivity index (χ3v) is 17.6. The van der Waals surface area contributed by atoms with Gasteiger partial charge >= 0.3 is 17.9 Å². The lowest BCUT2D eigenvalue weighted by molar-refractivity contribution is -0.147.